The van der Waals surface area contributed by atoms with Crippen molar-refractivity contribution in [1.29, 1.82) is 5.26 Å². The third-order valence-electron chi connectivity index (χ3n) is 2.91. The van der Waals surface area contributed by atoms with Crippen LogP contribution in [0.3, 0.4) is 0 Å². The van der Waals surface area contributed by atoms with E-state index < -0.39 is 5.91 Å². The molecule has 2 aromatic rings. The van der Waals surface area contributed by atoms with Gasteiger partial charge in [0.2, 0.25) is 0 Å². The van der Waals surface area contributed by atoms with Crippen molar-refractivity contribution < 1.29 is 9.53 Å². The number of carbonyl (C=O) groups is 1. The minimum atomic E-state index is -0.546. The maximum atomic E-state index is 10.7. The summed E-state index contributed by atoms with van der Waals surface area (Å²) in [6.45, 7) is -0.192. The summed E-state index contributed by atoms with van der Waals surface area (Å²) in [5.74, 6) is -0.0404. The number of allylic oxidation sites excluding steroid dienone is 1. The van der Waals surface area contributed by atoms with Gasteiger partial charge in [-0.3, -0.25) is 4.79 Å². The molecule has 2 rings (SSSR count). The lowest BCUT2D eigenvalue weighted by Gasteiger charge is -2.07. The highest BCUT2D eigenvalue weighted by atomic mass is 79.9. The number of rotatable bonds is 5. The predicted octanol–water partition coefficient (Wildman–Crippen LogP) is 4.03. The van der Waals surface area contributed by atoms with Crippen LogP contribution in [-0.4, -0.2) is 12.5 Å². The normalized spacial score (nSPS) is 10.9. The van der Waals surface area contributed by atoms with E-state index in [0.717, 1.165) is 11.1 Å². The van der Waals surface area contributed by atoms with Crippen molar-refractivity contribution in [1.82, 2.24) is 0 Å². The molecule has 0 atom stereocenters. The number of hydrogen-bond acceptors (Lipinski definition) is 3. The lowest BCUT2D eigenvalue weighted by Crippen LogP contribution is -2.20. The summed E-state index contributed by atoms with van der Waals surface area (Å²) < 4.78 is 5.93. The molecule has 0 heterocycles. The van der Waals surface area contributed by atoms with Crippen LogP contribution in [-0.2, 0) is 4.79 Å². The highest BCUT2D eigenvalue weighted by molar-refractivity contribution is 9.10. The van der Waals surface area contributed by atoms with E-state index in [1.165, 1.54) is 0 Å². The molecule has 0 radical (unpaired) electrons. The Morgan fingerprint density at radius 1 is 1.30 bits per heavy atom. The van der Waals surface area contributed by atoms with Gasteiger partial charge < -0.3 is 10.5 Å². The standard InChI is InChI=1S/C17H12BrClN2O2/c18-15-8-11(1-6-16(15)23-10-17(21)22)7-13(9-20)12-2-4-14(19)5-3-12/h1-8H,10H2,(H2,21,22)/b13-7+. The molecule has 0 aliphatic rings. The molecule has 23 heavy (non-hydrogen) atoms. The monoisotopic (exact) mass is 390 g/mol. The van der Waals surface area contributed by atoms with Gasteiger partial charge in [-0.25, -0.2) is 0 Å². The second kappa shape index (κ2) is 7.82. The SMILES string of the molecule is N#C/C(=C\c1ccc(OCC(N)=O)c(Br)c1)c1ccc(Cl)cc1. The Morgan fingerprint density at radius 3 is 2.57 bits per heavy atom. The molecule has 0 aromatic heterocycles. The molecule has 0 aliphatic heterocycles. The van der Waals surface area contributed by atoms with Gasteiger partial charge in [-0.05, 0) is 57.4 Å². The molecule has 0 bridgehead atoms. The first-order valence-corrected chi connectivity index (χ1v) is 7.75. The lowest BCUT2D eigenvalue weighted by atomic mass is 10.0. The quantitative estimate of drug-likeness (QED) is 0.617. The summed E-state index contributed by atoms with van der Waals surface area (Å²) >= 11 is 9.22. The van der Waals surface area contributed by atoms with E-state index in [0.29, 0.717) is 20.8 Å². The van der Waals surface area contributed by atoms with Gasteiger partial charge in [0.15, 0.2) is 6.61 Å². The molecule has 0 unspecified atom stereocenters. The molecule has 1 amide bonds. The van der Waals surface area contributed by atoms with Gasteiger partial charge >= 0.3 is 0 Å². The molecular formula is C17H12BrClN2O2. The lowest BCUT2D eigenvalue weighted by molar-refractivity contribution is -0.119. The summed E-state index contributed by atoms with van der Waals surface area (Å²) in [6.07, 6.45) is 1.76. The number of primary amides is 1. The molecule has 0 saturated carbocycles. The largest absolute Gasteiger partial charge is 0.483 e. The average molecular weight is 392 g/mol. The van der Waals surface area contributed by atoms with E-state index in [4.69, 9.17) is 22.1 Å². The van der Waals surface area contributed by atoms with Crippen LogP contribution in [0.1, 0.15) is 11.1 Å². The van der Waals surface area contributed by atoms with Crippen LogP contribution in [0.15, 0.2) is 46.9 Å². The number of halogens is 2. The van der Waals surface area contributed by atoms with E-state index >= 15 is 0 Å². The zero-order valence-corrected chi connectivity index (χ0v) is 14.3. The van der Waals surface area contributed by atoms with Gasteiger partial charge in [0.1, 0.15) is 5.75 Å². The number of nitriles is 1. The highest BCUT2D eigenvalue weighted by Gasteiger charge is 2.06. The van der Waals surface area contributed by atoms with Gasteiger partial charge in [0.25, 0.3) is 5.91 Å². The molecule has 6 heteroatoms. The van der Waals surface area contributed by atoms with Crippen molar-refractivity contribution >= 4 is 45.1 Å². The van der Waals surface area contributed by atoms with Crippen LogP contribution >= 0.6 is 27.5 Å². The fourth-order valence-corrected chi connectivity index (χ4v) is 2.49. The van der Waals surface area contributed by atoms with Crippen molar-refractivity contribution in [3.8, 4) is 11.8 Å². The van der Waals surface area contributed by atoms with Gasteiger partial charge in [-0.2, -0.15) is 5.26 Å². The Balaban J connectivity index is 2.27. The maximum absolute atomic E-state index is 10.7. The maximum Gasteiger partial charge on any atom is 0.255 e. The first kappa shape index (κ1) is 17.1. The van der Waals surface area contributed by atoms with Crippen molar-refractivity contribution in [2.75, 3.05) is 6.61 Å². The van der Waals surface area contributed by atoms with E-state index in [9.17, 15) is 10.1 Å². The van der Waals surface area contributed by atoms with Crippen LogP contribution in [0.4, 0.5) is 0 Å². The van der Waals surface area contributed by atoms with E-state index in [1.54, 1.807) is 48.5 Å². The third-order valence-corrected chi connectivity index (χ3v) is 3.78. The topological polar surface area (TPSA) is 76.1 Å². The molecule has 2 N–H and O–H groups in total. The molecule has 116 valence electrons. The predicted molar refractivity (Wildman–Crippen MR) is 93.8 cm³/mol. The van der Waals surface area contributed by atoms with Crippen LogP contribution < -0.4 is 10.5 Å². The van der Waals surface area contributed by atoms with Gasteiger partial charge in [0, 0.05) is 5.02 Å². The summed E-state index contributed by atoms with van der Waals surface area (Å²) in [7, 11) is 0. The third kappa shape index (κ3) is 4.85. The number of benzene rings is 2. The fraction of sp³-hybridized carbons (Fsp3) is 0.0588. The Hall–Kier alpha value is -2.29. The Kier molecular flexibility index (Phi) is 5.80. The number of amides is 1. The van der Waals surface area contributed by atoms with Crippen molar-refractivity contribution in [2.45, 2.75) is 0 Å². The molecule has 0 fully saturated rings. The number of carbonyl (C=O) groups excluding carboxylic acids is 1. The molecule has 0 aliphatic carbocycles. The second-order valence-corrected chi connectivity index (χ2v) is 5.91. The van der Waals surface area contributed by atoms with Crippen LogP contribution in [0.5, 0.6) is 5.75 Å². The minimum Gasteiger partial charge on any atom is -0.483 e. The molecule has 0 spiro atoms. The van der Waals surface area contributed by atoms with Crippen LogP contribution in [0.25, 0.3) is 11.6 Å². The molecule has 0 saturated heterocycles. The highest BCUT2D eigenvalue weighted by Crippen LogP contribution is 2.28. The first-order chi connectivity index (χ1) is 11.0. The van der Waals surface area contributed by atoms with Gasteiger partial charge in [-0.15, -0.1) is 0 Å². The number of nitrogens with zero attached hydrogens (tertiary/aromatic N) is 1. The second-order valence-electron chi connectivity index (χ2n) is 4.62. The van der Waals surface area contributed by atoms with Crippen molar-refractivity contribution in [3.63, 3.8) is 0 Å². The number of ether oxygens (including phenoxy) is 1. The molecular weight excluding hydrogens is 380 g/mol. The van der Waals surface area contributed by atoms with Crippen LogP contribution in [0.2, 0.25) is 5.02 Å². The smallest absolute Gasteiger partial charge is 0.255 e. The summed E-state index contributed by atoms with van der Waals surface area (Å²) in [4.78, 5) is 10.7. The van der Waals surface area contributed by atoms with Crippen molar-refractivity contribution in [2.24, 2.45) is 5.73 Å². The fourth-order valence-electron chi connectivity index (χ4n) is 1.85. The Labute approximate surface area is 147 Å². The van der Waals surface area contributed by atoms with E-state index in [-0.39, 0.29) is 6.61 Å². The molecule has 4 nitrogen and oxygen atoms in total. The van der Waals surface area contributed by atoms with Crippen molar-refractivity contribution in [3.05, 3.63) is 63.1 Å². The number of nitrogens with two attached hydrogens (primary N) is 1. The molecule has 2 aromatic carbocycles. The zero-order chi connectivity index (χ0) is 16.8. The Morgan fingerprint density at radius 2 is 2.00 bits per heavy atom. The van der Waals surface area contributed by atoms with E-state index in [2.05, 4.69) is 22.0 Å². The first-order valence-electron chi connectivity index (χ1n) is 6.58. The minimum absolute atomic E-state index is 0.192. The van der Waals surface area contributed by atoms with Crippen LogP contribution in [0, 0.1) is 11.3 Å². The summed E-state index contributed by atoms with van der Waals surface area (Å²) in [5, 5.41) is 9.96. The zero-order valence-electron chi connectivity index (χ0n) is 11.9. The van der Waals surface area contributed by atoms with E-state index in [1.807, 2.05) is 0 Å². The average Bonchev–Trinajstić information content (AvgIpc) is 2.52. The van der Waals surface area contributed by atoms with Gasteiger partial charge in [-0.1, -0.05) is 29.8 Å². The Bertz CT molecular complexity index is 795. The van der Waals surface area contributed by atoms with Gasteiger partial charge in [0.05, 0.1) is 16.1 Å². The summed E-state index contributed by atoms with van der Waals surface area (Å²) in [5.41, 5.74) is 7.15. The summed E-state index contributed by atoms with van der Waals surface area (Å²) in [6, 6.07) is 14.5. The number of hydrogen-bond donors (Lipinski definition) is 1.